The summed E-state index contributed by atoms with van der Waals surface area (Å²) in [6.45, 7) is 2.54. The summed E-state index contributed by atoms with van der Waals surface area (Å²) in [6.07, 6.45) is 1.94. The molecule has 1 aliphatic rings. The molecule has 3 unspecified atom stereocenters. The second-order valence-electron chi connectivity index (χ2n) is 4.03. The van der Waals surface area contributed by atoms with Gasteiger partial charge in [-0.25, -0.2) is 4.79 Å². The first-order chi connectivity index (χ1) is 8.08. The van der Waals surface area contributed by atoms with Crippen molar-refractivity contribution in [2.45, 2.75) is 30.5 Å². The van der Waals surface area contributed by atoms with Crippen LogP contribution in [0.15, 0.2) is 16.7 Å². The number of hydrogen-bond donors (Lipinski definition) is 1. The average molecular weight is 258 g/mol. The van der Waals surface area contributed by atoms with Crippen LogP contribution in [0, 0.1) is 0 Å². The summed E-state index contributed by atoms with van der Waals surface area (Å²) in [5.41, 5.74) is 0.0905. The molecule has 0 amide bonds. The van der Waals surface area contributed by atoms with Crippen molar-refractivity contribution in [3.63, 3.8) is 0 Å². The Morgan fingerprint density at radius 3 is 2.94 bits per heavy atom. The Morgan fingerprint density at radius 2 is 2.41 bits per heavy atom. The van der Waals surface area contributed by atoms with Crippen molar-refractivity contribution in [1.29, 1.82) is 0 Å². The van der Waals surface area contributed by atoms with E-state index in [-0.39, 0.29) is 22.7 Å². The van der Waals surface area contributed by atoms with Gasteiger partial charge in [-0.1, -0.05) is 0 Å². The molecular formula is C11H14O5S. The van der Waals surface area contributed by atoms with Crippen LogP contribution in [-0.2, 0) is 21.3 Å². The van der Waals surface area contributed by atoms with Crippen LogP contribution in [0.1, 0.15) is 29.5 Å². The maximum atomic E-state index is 12.0. The van der Waals surface area contributed by atoms with Crippen molar-refractivity contribution < 1.29 is 23.3 Å². The summed E-state index contributed by atoms with van der Waals surface area (Å²) in [4.78, 5) is 10.7. The zero-order valence-corrected chi connectivity index (χ0v) is 10.2. The van der Waals surface area contributed by atoms with Crippen LogP contribution < -0.4 is 0 Å². The molecule has 2 rings (SSSR count). The SMILES string of the molecule is CC1OCCC1S(=O)Cc1cc(C(=O)O)co1. The summed E-state index contributed by atoms with van der Waals surface area (Å²) in [5.74, 6) is -0.353. The van der Waals surface area contributed by atoms with E-state index in [2.05, 4.69) is 0 Å². The second kappa shape index (κ2) is 5.01. The van der Waals surface area contributed by atoms with E-state index in [1.54, 1.807) is 0 Å². The summed E-state index contributed by atoms with van der Waals surface area (Å²) in [7, 11) is -1.09. The number of rotatable bonds is 4. The predicted octanol–water partition coefficient (Wildman–Crippen LogP) is 1.40. The Morgan fingerprint density at radius 1 is 1.65 bits per heavy atom. The standard InChI is InChI=1S/C11H14O5S/c1-7-10(2-3-15-7)17(14)6-9-4-8(5-16-9)11(12)13/h4-5,7,10H,2-3,6H2,1H3,(H,12,13). The quantitative estimate of drug-likeness (QED) is 0.883. The Hall–Kier alpha value is -1.14. The molecule has 0 aromatic carbocycles. The minimum atomic E-state index is -1.09. The van der Waals surface area contributed by atoms with Gasteiger partial charge in [-0.3, -0.25) is 4.21 Å². The molecule has 6 heteroatoms. The lowest BCUT2D eigenvalue weighted by atomic mass is 10.3. The molecule has 2 heterocycles. The summed E-state index contributed by atoms with van der Waals surface area (Å²) in [6, 6.07) is 1.42. The van der Waals surface area contributed by atoms with Gasteiger partial charge < -0.3 is 14.3 Å². The molecule has 0 spiro atoms. The van der Waals surface area contributed by atoms with Crippen molar-refractivity contribution >= 4 is 16.8 Å². The molecule has 1 aliphatic heterocycles. The highest BCUT2D eigenvalue weighted by Gasteiger charge is 2.30. The van der Waals surface area contributed by atoms with Crippen LogP contribution in [0.2, 0.25) is 0 Å². The zero-order chi connectivity index (χ0) is 12.4. The number of aromatic carboxylic acids is 1. The van der Waals surface area contributed by atoms with Gasteiger partial charge in [0.1, 0.15) is 12.0 Å². The summed E-state index contributed by atoms with van der Waals surface area (Å²) >= 11 is 0. The van der Waals surface area contributed by atoms with Gasteiger partial charge >= 0.3 is 5.97 Å². The fraction of sp³-hybridized carbons (Fsp3) is 0.545. The molecule has 1 saturated heterocycles. The third kappa shape index (κ3) is 2.76. The molecule has 0 bridgehead atoms. The predicted molar refractivity (Wildman–Crippen MR) is 61.3 cm³/mol. The maximum Gasteiger partial charge on any atom is 0.338 e. The van der Waals surface area contributed by atoms with Crippen LogP contribution in [-0.4, -0.2) is 33.2 Å². The first-order valence-corrected chi connectivity index (χ1v) is 6.75. The van der Waals surface area contributed by atoms with Gasteiger partial charge in [-0.15, -0.1) is 0 Å². The van der Waals surface area contributed by atoms with Crippen molar-refractivity contribution in [3.8, 4) is 0 Å². The number of carbonyl (C=O) groups is 1. The molecular weight excluding hydrogens is 244 g/mol. The lowest BCUT2D eigenvalue weighted by Gasteiger charge is -2.12. The first-order valence-electron chi connectivity index (χ1n) is 5.37. The lowest BCUT2D eigenvalue weighted by Crippen LogP contribution is -2.23. The molecule has 1 N–H and O–H groups in total. The highest BCUT2D eigenvalue weighted by atomic mass is 32.2. The molecule has 1 fully saturated rings. The van der Waals surface area contributed by atoms with Crippen LogP contribution >= 0.6 is 0 Å². The fourth-order valence-electron chi connectivity index (χ4n) is 1.87. The van der Waals surface area contributed by atoms with Gasteiger partial charge in [0.15, 0.2) is 0 Å². The van der Waals surface area contributed by atoms with E-state index < -0.39 is 16.8 Å². The Balaban J connectivity index is 2.00. The van der Waals surface area contributed by atoms with E-state index in [0.29, 0.717) is 12.4 Å². The largest absolute Gasteiger partial charge is 0.478 e. The molecule has 3 atom stereocenters. The van der Waals surface area contributed by atoms with E-state index in [1.807, 2.05) is 6.92 Å². The molecule has 0 saturated carbocycles. The van der Waals surface area contributed by atoms with Crippen LogP contribution in [0.4, 0.5) is 0 Å². The Kier molecular flexibility index (Phi) is 3.63. The van der Waals surface area contributed by atoms with Gasteiger partial charge in [0.2, 0.25) is 0 Å². The van der Waals surface area contributed by atoms with E-state index in [4.69, 9.17) is 14.3 Å². The Bertz CT molecular complexity index is 439. The van der Waals surface area contributed by atoms with Gasteiger partial charge in [0.25, 0.3) is 0 Å². The highest BCUT2D eigenvalue weighted by molar-refractivity contribution is 7.84. The third-order valence-electron chi connectivity index (χ3n) is 2.83. The number of hydrogen-bond acceptors (Lipinski definition) is 4. The third-order valence-corrected chi connectivity index (χ3v) is 4.69. The van der Waals surface area contributed by atoms with Gasteiger partial charge in [0, 0.05) is 17.4 Å². The molecule has 17 heavy (non-hydrogen) atoms. The molecule has 5 nitrogen and oxygen atoms in total. The van der Waals surface area contributed by atoms with Gasteiger partial charge in [0.05, 0.1) is 22.7 Å². The average Bonchev–Trinajstić information content (AvgIpc) is 2.86. The van der Waals surface area contributed by atoms with E-state index >= 15 is 0 Å². The Labute approximate surface area is 101 Å². The zero-order valence-electron chi connectivity index (χ0n) is 9.42. The molecule has 0 radical (unpaired) electrons. The minimum Gasteiger partial charge on any atom is -0.478 e. The van der Waals surface area contributed by atoms with E-state index in [9.17, 15) is 9.00 Å². The number of ether oxygens (including phenoxy) is 1. The van der Waals surface area contributed by atoms with E-state index in [0.717, 1.165) is 6.42 Å². The number of furan rings is 1. The molecule has 0 aliphatic carbocycles. The van der Waals surface area contributed by atoms with Crippen LogP contribution in [0.3, 0.4) is 0 Å². The second-order valence-corrected chi connectivity index (χ2v) is 5.69. The minimum absolute atomic E-state index is 0.00776. The topological polar surface area (TPSA) is 76.7 Å². The lowest BCUT2D eigenvalue weighted by molar-refractivity contribution is 0.0696. The van der Waals surface area contributed by atoms with Crippen molar-refractivity contribution in [3.05, 3.63) is 23.7 Å². The van der Waals surface area contributed by atoms with Crippen molar-refractivity contribution in [2.24, 2.45) is 0 Å². The number of carboxylic acid groups (broad SMARTS) is 1. The molecule has 1 aromatic heterocycles. The van der Waals surface area contributed by atoms with Crippen LogP contribution in [0.5, 0.6) is 0 Å². The highest BCUT2D eigenvalue weighted by Crippen LogP contribution is 2.21. The molecule has 1 aromatic rings. The smallest absolute Gasteiger partial charge is 0.338 e. The van der Waals surface area contributed by atoms with Crippen molar-refractivity contribution in [2.75, 3.05) is 6.61 Å². The monoisotopic (exact) mass is 258 g/mol. The van der Waals surface area contributed by atoms with E-state index in [1.165, 1.54) is 12.3 Å². The van der Waals surface area contributed by atoms with Crippen molar-refractivity contribution in [1.82, 2.24) is 0 Å². The number of carboxylic acids is 1. The maximum absolute atomic E-state index is 12.0. The van der Waals surface area contributed by atoms with Gasteiger partial charge in [-0.2, -0.15) is 0 Å². The van der Waals surface area contributed by atoms with Gasteiger partial charge in [-0.05, 0) is 19.4 Å². The summed E-state index contributed by atoms with van der Waals surface area (Å²) in [5, 5.41) is 8.74. The fourth-order valence-corrected chi connectivity index (χ4v) is 3.38. The normalized spacial score (nSPS) is 25.9. The summed E-state index contributed by atoms with van der Waals surface area (Å²) < 4.78 is 22.5. The molecule has 94 valence electrons. The van der Waals surface area contributed by atoms with Crippen LogP contribution in [0.25, 0.3) is 0 Å². The first kappa shape index (κ1) is 12.3.